The van der Waals surface area contributed by atoms with Gasteiger partial charge >= 0.3 is 0 Å². The van der Waals surface area contributed by atoms with Crippen LogP contribution in [-0.4, -0.2) is 33.9 Å². The van der Waals surface area contributed by atoms with Gasteiger partial charge in [-0.05, 0) is 0 Å². The molecule has 0 fully saturated rings. The Morgan fingerprint density at radius 1 is 0.417 bits per heavy atom. The fourth-order valence-electron chi connectivity index (χ4n) is 0. The van der Waals surface area contributed by atoms with Gasteiger partial charge in [0.1, 0.15) is 33.9 Å². The molecule has 7 heteroatoms. The van der Waals surface area contributed by atoms with Gasteiger partial charge in [0.05, 0.1) is 0 Å². The van der Waals surface area contributed by atoms with Gasteiger partial charge < -0.3 is 28.7 Å². The molecule has 0 aliphatic heterocycles. The molecule has 0 saturated carbocycles. The summed E-state index contributed by atoms with van der Waals surface area (Å²) in [6, 6.07) is 0. The first kappa shape index (κ1) is 69.6. The van der Waals surface area contributed by atoms with Crippen LogP contribution < -0.4 is 4.70 Å². The third-order valence-corrected chi connectivity index (χ3v) is 0. The van der Waals surface area contributed by atoms with Crippen LogP contribution in [0.3, 0.4) is 0 Å². The molecule has 0 heterocycles. The zero-order valence-corrected chi connectivity index (χ0v) is 9.05. The van der Waals surface area contributed by atoms with Crippen LogP contribution in [0.2, 0.25) is 0 Å². The molecular weight excluding hydrogens is 345 g/mol. The Kier molecular flexibility index (Phi) is 4120. The molecule has 0 bridgehead atoms. The van der Waals surface area contributed by atoms with Crippen molar-refractivity contribution in [1.29, 1.82) is 0 Å². The fraction of sp³-hybridized carbons (Fsp3) is 0. The van der Waals surface area contributed by atoms with Crippen LogP contribution >= 0.6 is 0 Å². The van der Waals surface area contributed by atoms with Crippen LogP contribution in [0, 0.1) is 0 Å². The van der Waals surface area contributed by atoms with E-state index in [0.717, 1.165) is 0 Å². The second-order valence-corrected chi connectivity index (χ2v) is 0. The number of hydrogen-bond acceptors (Lipinski definition) is 5. The predicted octanol–water partition coefficient (Wildman–Crippen LogP) is -3.92. The van der Waals surface area contributed by atoms with Gasteiger partial charge in [0, 0.05) is 20.4 Å². The Labute approximate surface area is 83.5 Å². The monoisotopic (exact) mass is 356 g/mol. The van der Waals surface area contributed by atoms with E-state index < -0.39 is 0 Å². The van der Waals surface area contributed by atoms with E-state index in [1.54, 1.807) is 0 Å². The summed E-state index contributed by atoms with van der Waals surface area (Å²) in [6.45, 7) is 10.0. The summed E-state index contributed by atoms with van der Waals surface area (Å²) in [5.41, 5.74) is 0. The molecule has 0 aromatic heterocycles. The van der Waals surface area contributed by atoms with Crippen molar-refractivity contribution in [3.8, 4) is 0 Å². The maximum Gasteiger partial charge on any atom is 0.106 e. The van der Waals surface area contributed by atoms with Crippen LogP contribution in [0.4, 0.5) is 0 Å². The van der Waals surface area contributed by atoms with Crippen LogP contribution in [0.25, 0.3) is 0 Å². The van der Waals surface area contributed by atoms with Crippen molar-refractivity contribution in [3.63, 3.8) is 0 Å². The van der Waals surface area contributed by atoms with Gasteiger partial charge in [-0.2, -0.15) is 0 Å². The van der Waals surface area contributed by atoms with Crippen molar-refractivity contribution in [3.05, 3.63) is 0 Å². The summed E-state index contributed by atoms with van der Waals surface area (Å²) in [5, 5.41) is 0. The summed E-state index contributed by atoms with van der Waals surface area (Å²) < 4.78 is 0. The molecule has 0 aliphatic carbocycles. The molecular formula is C5H10FO5Re-. The van der Waals surface area contributed by atoms with Gasteiger partial charge in [0.15, 0.2) is 0 Å². The zero-order valence-electron chi connectivity index (χ0n) is 6.33. The molecule has 0 saturated heterocycles. The number of carbonyl (C=O) groups is 5. The van der Waals surface area contributed by atoms with Crippen LogP contribution in [0.1, 0.15) is 0 Å². The number of hydrogen-bond donors (Lipinski definition) is 0. The average molecular weight is 355 g/mol. The Morgan fingerprint density at radius 3 is 0.417 bits per heavy atom. The SMILES string of the molecule is C=O.C=O.C=O.C=O.C=O.[F-].[Re]. The summed E-state index contributed by atoms with van der Waals surface area (Å²) >= 11 is 0. The average Bonchev–Trinajstić information content (AvgIpc) is 2.20. The topological polar surface area (TPSA) is 85.3 Å². The van der Waals surface area contributed by atoms with Crippen LogP contribution in [-0.2, 0) is 44.4 Å². The molecule has 0 rings (SSSR count). The van der Waals surface area contributed by atoms with Gasteiger partial charge in [-0.15, -0.1) is 0 Å². The van der Waals surface area contributed by atoms with Crippen molar-refractivity contribution >= 4 is 33.9 Å². The van der Waals surface area contributed by atoms with Crippen molar-refractivity contribution in [2.75, 3.05) is 0 Å². The maximum atomic E-state index is 8.00. The van der Waals surface area contributed by atoms with E-state index in [-0.39, 0.29) is 25.1 Å². The predicted molar refractivity (Wildman–Crippen MR) is 35.6 cm³/mol. The standard InChI is InChI=1S/5CH2O.FH.Re/c5*1-2;;/h5*1H2;1H;/p-1. The minimum atomic E-state index is 0. The summed E-state index contributed by atoms with van der Waals surface area (Å²) in [5.74, 6) is 0. The van der Waals surface area contributed by atoms with Crippen LogP contribution in [0.5, 0.6) is 0 Å². The molecule has 5 nitrogen and oxygen atoms in total. The summed E-state index contributed by atoms with van der Waals surface area (Å²) in [4.78, 5) is 40.0. The minimum Gasteiger partial charge on any atom is -1.00 e. The Balaban J connectivity index is -0.00000000500. The Hall–Kier alpha value is -1.06. The van der Waals surface area contributed by atoms with E-state index in [9.17, 15) is 0 Å². The molecule has 0 aliphatic rings. The second-order valence-electron chi connectivity index (χ2n) is 0. The molecule has 0 unspecified atom stereocenters. The molecule has 75 valence electrons. The number of carbonyl (C=O) groups excluding carboxylic acids is 5. The first-order chi connectivity index (χ1) is 5.00. The van der Waals surface area contributed by atoms with Gasteiger partial charge in [0.2, 0.25) is 0 Å². The molecule has 12 heavy (non-hydrogen) atoms. The summed E-state index contributed by atoms with van der Waals surface area (Å²) in [7, 11) is 0. The molecule has 0 atom stereocenters. The largest absolute Gasteiger partial charge is 1.00 e. The first-order valence-corrected chi connectivity index (χ1v) is 1.44. The summed E-state index contributed by atoms with van der Waals surface area (Å²) in [6.07, 6.45) is 0. The van der Waals surface area contributed by atoms with Crippen molar-refractivity contribution < 1.29 is 49.1 Å². The van der Waals surface area contributed by atoms with Crippen molar-refractivity contribution in [2.45, 2.75) is 0 Å². The number of halogens is 1. The normalized spacial score (nSPS) is 1.67. The molecule has 0 aromatic rings. The van der Waals surface area contributed by atoms with Crippen LogP contribution in [0.15, 0.2) is 0 Å². The fourth-order valence-corrected chi connectivity index (χ4v) is 0. The van der Waals surface area contributed by atoms with E-state index in [4.69, 9.17) is 24.0 Å². The Bertz CT molecular complexity index is 31.4. The van der Waals surface area contributed by atoms with Gasteiger partial charge in [-0.1, -0.05) is 0 Å². The number of rotatable bonds is 0. The smallest absolute Gasteiger partial charge is 0.106 e. The first-order valence-electron chi connectivity index (χ1n) is 1.44. The third kappa shape index (κ3) is 504. The van der Waals surface area contributed by atoms with E-state index in [1.165, 1.54) is 0 Å². The quantitative estimate of drug-likeness (QED) is 0.443. The van der Waals surface area contributed by atoms with E-state index in [2.05, 4.69) is 0 Å². The molecule has 1 radical (unpaired) electrons. The van der Waals surface area contributed by atoms with Crippen molar-refractivity contribution in [2.24, 2.45) is 0 Å². The van der Waals surface area contributed by atoms with Crippen molar-refractivity contribution in [1.82, 2.24) is 0 Å². The maximum absolute atomic E-state index is 8.00. The zero-order chi connectivity index (χ0) is 10.0. The van der Waals surface area contributed by atoms with Gasteiger partial charge in [-0.3, -0.25) is 0 Å². The Morgan fingerprint density at radius 2 is 0.417 bits per heavy atom. The van der Waals surface area contributed by atoms with E-state index in [1.807, 2.05) is 33.9 Å². The van der Waals surface area contributed by atoms with E-state index >= 15 is 0 Å². The molecule has 0 N–H and O–H groups in total. The minimum absolute atomic E-state index is 0. The molecule has 0 spiro atoms. The van der Waals surface area contributed by atoms with Gasteiger partial charge in [-0.25, -0.2) is 0 Å². The van der Waals surface area contributed by atoms with E-state index in [0.29, 0.717) is 0 Å². The molecule has 0 aromatic carbocycles. The molecule has 0 amide bonds. The second kappa shape index (κ2) is 711. The van der Waals surface area contributed by atoms with Gasteiger partial charge in [0.25, 0.3) is 0 Å². The third-order valence-electron chi connectivity index (χ3n) is 0.